The van der Waals surface area contributed by atoms with E-state index < -0.39 is 6.10 Å². The van der Waals surface area contributed by atoms with E-state index >= 15 is 0 Å². The van der Waals surface area contributed by atoms with Gasteiger partial charge in [0.15, 0.2) is 0 Å². The standard InChI is InChI=1S/C15H20O4S/c1-19-15-6-5-12(4-2-3-7-16)13(8-15)10-20-11-14(18)9-17/h5-6,8,14,16-18H,3,7,9-11H2,1H3. The number of rotatable bonds is 7. The Balaban J connectivity index is 2.76. The highest BCUT2D eigenvalue weighted by atomic mass is 32.2. The molecule has 1 aromatic carbocycles. The molecule has 1 aromatic rings. The number of hydrogen-bond acceptors (Lipinski definition) is 5. The van der Waals surface area contributed by atoms with E-state index in [2.05, 4.69) is 11.8 Å². The average molecular weight is 296 g/mol. The third-order valence-corrected chi connectivity index (χ3v) is 3.69. The lowest BCUT2D eigenvalue weighted by Gasteiger charge is -2.09. The summed E-state index contributed by atoms with van der Waals surface area (Å²) in [6.07, 6.45) is -0.253. The minimum atomic E-state index is -0.700. The summed E-state index contributed by atoms with van der Waals surface area (Å²) in [5, 5.41) is 26.9. The van der Waals surface area contributed by atoms with Gasteiger partial charge in [-0.15, -0.1) is 0 Å². The lowest BCUT2D eigenvalue weighted by atomic mass is 10.1. The number of methoxy groups -OCH3 is 1. The fourth-order valence-corrected chi connectivity index (χ4v) is 2.46. The van der Waals surface area contributed by atoms with Gasteiger partial charge >= 0.3 is 0 Å². The minimum Gasteiger partial charge on any atom is -0.497 e. The minimum absolute atomic E-state index is 0.0515. The molecule has 0 fully saturated rings. The lowest BCUT2D eigenvalue weighted by Crippen LogP contribution is -2.14. The molecule has 0 aliphatic carbocycles. The van der Waals surface area contributed by atoms with E-state index in [9.17, 15) is 5.11 Å². The molecule has 1 unspecified atom stereocenters. The van der Waals surface area contributed by atoms with Crippen molar-refractivity contribution in [2.75, 3.05) is 26.1 Å². The molecule has 0 saturated heterocycles. The molecular formula is C15H20O4S. The van der Waals surface area contributed by atoms with Gasteiger partial charge in [0.1, 0.15) is 5.75 Å². The molecule has 4 nitrogen and oxygen atoms in total. The molecule has 0 amide bonds. The zero-order valence-electron chi connectivity index (χ0n) is 11.5. The Morgan fingerprint density at radius 2 is 2.15 bits per heavy atom. The number of benzene rings is 1. The first-order valence-electron chi connectivity index (χ1n) is 6.34. The number of ether oxygens (including phenoxy) is 1. The van der Waals surface area contributed by atoms with E-state index in [-0.39, 0.29) is 13.2 Å². The number of thioether (sulfide) groups is 1. The highest BCUT2D eigenvalue weighted by molar-refractivity contribution is 7.98. The SMILES string of the molecule is COc1ccc(C#CCCO)c(CSCC(O)CO)c1. The second-order valence-electron chi connectivity index (χ2n) is 4.15. The lowest BCUT2D eigenvalue weighted by molar-refractivity contribution is 0.113. The zero-order valence-corrected chi connectivity index (χ0v) is 12.3. The molecule has 110 valence electrons. The second-order valence-corrected chi connectivity index (χ2v) is 5.18. The molecule has 0 radical (unpaired) electrons. The van der Waals surface area contributed by atoms with E-state index in [0.29, 0.717) is 17.9 Å². The molecular weight excluding hydrogens is 276 g/mol. The van der Waals surface area contributed by atoms with Crippen LogP contribution in [0, 0.1) is 11.8 Å². The van der Waals surface area contributed by atoms with Crippen molar-refractivity contribution in [3.8, 4) is 17.6 Å². The van der Waals surface area contributed by atoms with Gasteiger partial charge in [0, 0.05) is 23.5 Å². The number of hydrogen-bond donors (Lipinski definition) is 3. The van der Waals surface area contributed by atoms with Gasteiger partial charge in [0.2, 0.25) is 0 Å². The maximum atomic E-state index is 9.33. The zero-order chi connectivity index (χ0) is 14.8. The van der Waals surface area contributed by atoms with Crippen LogP contribution >= 0.6 is 11.8 Å². The monoisotopic (exact) mass is 296 g/mol. The van der Waals surface area contributed by atoms with E-state index in [1.165, 1.54) is 11.8 Å². The van der Waals surface area contributed by atoms with Crippen LogP contribution in [0.15, 0.2) is 18.2 Å². The van der Waals surface area contributed by atoms with Crippen LogP contribution in [0.25, 0.3) is 0 Å². The van der Waals surface area contributed by atoms with Crippen LogP contribution in [-0.2, 0) is 5.75 Å². The fourth-order valence-electron chi connectivity index (χ4n) is 1.51. The van der Waals surface area contributed by atoms with Crippen molar-refractivity contribution in [2.45, 2.75) is 18.3 Å². The largest absolute Gasteiger partial charge is 0.497 e. The van der Waals surface area contributed by atoms with Crippen molar-refractivity contribution in [1.82, 2.24) is 0 Å². The van der Waals surface area contributed by atoms with E-state index in [4.69, 9.17) is 14.9 Å². The van der Waals surface area contributed by atoms with Gasteiger partial charge in [-0.2, -0.15) is 11.8 Å². The summed E-state index contributed by atoms with van der Waals surface area (Å²) in [6, 6.07) is 5.66. The van der Waals surface area contributed by atoms with Crippen LogP contribution in [-0.4, -0.2) is 47.5 Å². The molecule has 0 aliphatic rings. The molecule has 3 N–H and O–H groups in total. The van der Waals surface area contributed by atoms with Crippen LogP contribution in [0.3, 0.4) is 0 Å². The van der Waals surface area contributed by atoms with Crippen LogP contribution in [0.1, 0.15) is 17.5 Å². The Morgan fingerprint density at radius 1 is 1.35 bits per heavy atom. The first-order chi connectivity index (χ1) is 9.71. The van der Waals surface area contributed by atoms with Crippen LogP contribution in [0.5, 0.6) is 5.75 Å². The Hall–Kier alpha value is -1.19. The maximum absolute atomic E-state index is 9.33. The van der Waals surface area contributed by atoms with E-state index in [0.717, 1.165) is 16.9 Å². The summed E-state index contributed by atoms with van der Waals surface area (Å²) in [5.41, 5.74) is 1.91. The summed E-state index contributed by atoms with van der Waals surface area (Å²) in [6.45, 7) is -0.176. The quantitative estimate of drug-likeness (QED) is 0.655. The Bertz CT molecular complexity index is 465. The van der Waals surface area contributed by atoms with Crippen molar-refractivity contribution in [3.63, 3.8) is 0 Å². The van der Waals surface area contributed by atoms with Gasteiger partial charge in [0.25, 0.3) is 0 Å². The van der Waals surface area contributed by atoms with Gasteiger partial charge in [-0.25, -0.2) is 0 Å². The third-order valence-electron chi connectivity index (χ3n) is 2.55. The summed E-state index contributed by atoms with van der Waals surface area (Å²) in [5.74, 6) is 7.83. The molecule has 1 rings (SSSR count). The Morgan fingerprint density at radius 3 is 2.80 bits per heavy atom. The van der Waals surface area contributed by atoms with Gasteiger partial charge in [-0.3, -0.25) is 0 Å². The van der Waals surface area contributed by atoms with Crippen LogP contribution in [0.2, 0.25) is 0 Å². The highest BCUT2D eigenvalue weighted by Crippen LogP contribution is 2.22. The second kappa shape index (κ2) is 9.67. The van der Waals surface area contributed by atoms with Crippen molar-refractivity contribution >= 4 is 11.8 Å². The average Bonchev–Trinajstić information content (AvgIpc) is 2.48. The van der Waals surface area contributed by atoms with Gasteiger partial charge < -0.3 is 20.1 Å². The Labute approximate surface area is 123 Å². The fraction of sp³-hybridized carbons (Fsp3) is 0.467. The van der Waals surface area contributed by atoms with Crippen molar-refractivity contribution in [2.24, 2.45) is 0 Å². The molecule has 5 heteroatoms. The first-order valence-corrected chi connectivity index (χ1v) is 7.50. The molecule has 0 saturated carbocycles. The van der Waals surface area contributed by atoms with Crippen molar-refractivity contribution < 1.29 is 20.1 Å². The molecule has 0 aromatic heterocycles. The molecule has 20 heavy (non-hydrogen) atoms. The van der Waals surface area contributed by atoms with Crippen molar-refractivity contribution in [3.05, 3.63) is 29.3 Å². The molecule has 0 spiro atoms. The van der Waals surface area contributed by atoms with Crippen LogP contribution < -0.4 is 4.74 Å². The van der Waals surface area contributed by atoms with E-state index in [1.54, 1.807) is 7.11 Å². The predicted molar refractivity (Wildman–Crippen MR) is 80.8 cm³/mol. The third kappa shape index (κ3) is 5.85. The number of aliphatic hydroxyl groups is 3. The van der Waals surface area contributed by atoms with E-state index in [1.807, 2.05) is 18.2 Å². The van der Waals surface area contributed by atoms with Gasteiger partial charge in [-0.05, 0) is 23.8 Å². The topological polar surface area (TPSA) is 69.9 Å². The van der Waals surface area contributed by atoms with Crippen molar-refractivity contribution in [1.29, 1.82) is 0 Å². The summed E-state index contributed by atoms with van der Waals surface area (Å²) in [4.78, 5) is 0. The first kappa shape index (κ1) is 16.9. The normalized spacial score (nSPS) is 11.6. The Kier molecular flexibility index (Phi) is 8.16. The molecule has 0 aliphatic heterocycles. The summed E-state index contributed by atoms with van der Waals surface area (Å²) >= 11 is 1.53. The predicted octanol–water partition coefficient (Wildman–Crippen LogP) is 1.02. The molecule has 0 bridgehead atoms. The van der Waals surface area contributed by atoms with Crippen LogP contribution in [0.4, 0.5) is 0 Å². The highest BCUT2D eigenvalue weighted by Gasteiger charge is 2.06. The van der Waals surface area contributed by atoms with Gasteiger partial charge in [-0.1, -0.05) is 11.8 Å². The maximum Gasteiger partial charge on any atom is 0.119 e. The molecule has 0 heterocycles. The summed E-state index contributed by atoms with van der Waals surface area (Å²) in [7, 11) is 1.61. The van der Waals surface area contributed by atoms with Gasteiger partial charge in [0.05, 0.1) is 26.4 Å². The smallest absolute Gasteiger partial charge is 0.119 e. The number of aliphatic hydroxyl groups excluding tert-OH is 3. The summed E-state index contributed by atoms with van der Waals surface area (Å²) < 4.78 is 5.20. The molecule has 1 atom stereocenters.